The normalized spacial score (nSPS) is 15.9. The van der Waals surface area contributed by atoms with E-state index >= 15 is 0 Å². The Kier molecular flexibility index (Phi) is 4.23. The molecule has 2 nitrogen and oxygen atoms in total. The zero-order valence-electron chi connectivity index (χ0n) is 9.57. The number of hydrogen-bond acceptors (Lipinski definition) is 2. The highest BCUT2D eigenvalue weighted by Gasteiger charge is 2.27. The van der Waals surface area contributed by atoms with Crippen LogP contribution in [0.1, 0.15) is 11.7 Å². The van der Waals surface area contributed by atoms with Gasteiger partial charge in [0, 0.05) is 4.90 Å². The van der Waals surface area contributed by atoms with Crippen LogP contribution < -0.4 is 0 Å². The lowest BCUT2D eigenvalue weighted by Crippen LogP contribution is -2.19. The van der Waals surface area contributed by atoms with E-state index in [4.69, 9.17) is 0 Å². The number of alkyl halides is 1. The summed E-state index contributed by atoms with van der Waals surface area (Å²) < 4.78 is 25.9. The van der Waals surface area contributed by atoms with Crippen molar-refractivity contribution < 1.29 is 13.7 Å². The van der Waals surface area contributed by atoms with Crippen LogP contribution >= 0.6 is 0 Å². The summed E-state index contributed by atoms with van der Waals surface area (Å²) in [5.74, 6) is 0. The number of benzene rings is 2. The molecule has 0 aliphatic heterocycles. The van der Waals surface area contributed by atoms with Crippen LogP contribution in [0.25, 0.3) is 0 Å². The van der Waals surface area contributed by atoms with E-state index in [0.29, 0.717) is 10.5 Å². The van der Waals surface area contributed by atoms with Crippen molar-refractivity contribution in [1.82, 2.24) is 0 Å². The molecule has 3 unspecified atom stereocenters. The predicted octanol–water partition coefficient (Wildman–Crippen LogP) is 2.82. The maximum absolute atomic E-state index is 14.0. The Bertz CT molecular complexity index is 516. The van der Waals surface area contributed by atoms with Crippen LogP contribution in [0.4, 0.5) is 4.39 Å². The van der Waals surface area contributed by atoms with Crippen molar-refractivity contribution in [3.05, 3.63) is 66.2 Å². The summed E-state index contributed by atoms with van der Waals surface area (Å²) in [5, 5.41) is 9.85. The van der Waals surface area contributed by atoms with Crippen LogP contribution in [0.2, 0.25) is 0 Å². The van der Waals surface area contributed by atoms with E-state index < -0.39 is 22.4 Å². The Morgan fingerprint density at radius 3 is 2.00 bits per heavy atom. The van der Waals surface area contributed by atoms with E-state index in [2.05, 4.69) is 0 Å². The van der Waals surface area contributed by atoms with Crippen molar-refractivity contribution in [3.8, 4) is 0 Å². The minimum absolute atomic E-state index is 0.375. The van der Waals surface area contributed by atoms with Crippen LogP contribution in [0.5, 0.6) is 0 Å². The van der Waals surface area contributed by atoms with Crippen molar-refractivity contribution in [3.63, 3.8) is 0 Å². The van der Waals surface area contributed by atoms with Gasteiger partial charge in [0.15, 0.2) is 0 Å². The van der Waals surface area contributed by atoms with E-state index in [1.54, 1.807) is 60.7 Å². The summed E-state index contributed by atoms with van der Waals surface area (Å²) >= 11 is 0. The first-order valence-electron chi connectivity index (χ1n) is 5.53. The highest BCUT2D eigenvalue weighted by atomic mass is 32.2. The van der Waals surface area contributed by atoms with Gasteiger partial charge in [-0.15, -0.1) is 0 Å². The quantitative estimate of drug-likeness (QED) is 0.922. The Balaban J connectivity index is 2.17. The first kappa shape index (κ1) is 12.9. The summed E-state index contributed by atoms with van der Waals surface area (Å²) in [5.41, 5.74) is -1.41. The molecule has 18 heavy (non-hydrogen) atoms. The molecule has 0 saturated heterocycles. The zero-order chi connectivity index (χ0) is 13.0. The van der Waals surface area contributed by atoms with Gasteiger partial charge in [-0.3, -0.25) is 4.21 Å². The van der Waals surface area contributed by atoms with Gasteiger partial charge in [-0.1, -0.05) is 48.5 Å². The summed E-state index contributed by atoms with van der Waals surface area (Å²) in [4.78, 5) is 0.375. The van der Waals surface area contributed by atoms with Crippen molar-refractivity contribution in [2.24, 2.45) is 0 Å². The highest BCUT2D eigenvalue weighted by molar-refractivity contribution is 7.85. The molecule has 2 rings (SSSR count). The van der Waals surface area contributed by atoms with Crippen LogP contribution in [-0.4, -0.2) is 14.8 Å². The number of aliphatic hydroxyl groups excluding tert-OH is 1. The Labute approximate surface area is 108 Å². The molecule has 0 aliphatic carbocycles. The highest BCUT2D eigenvalue weighted by Crippen LogP contribution is 2.24. The van der Waals surface area contributed by atoms with Crippen LogP contribution in [0, 0.1) is 0 Å². The molecule has 0 aliphatic rings. The molecule has 0 radical (unpaired) electrons. The fraction of sp³-hybridized carbons (Fsp3) is 0.143. The second-order valence-electron chi connectivity index (χ2n) is 3.82. The molecule has 0 amide bonds. The van der Waals surface area contributed by atoms with Gasteiger partial charge in [0.2, 0.25) is 5.50 Å². The second kappa shape index (κ2) is 5.89. The van der Waals surface area contributed by atoms with Crippen molar-refractivity contribution in [2.75, 3.05) is 0 Å². The molecule has 2 aromatic rings. The topological polar surface area (TPSA) is 37.3 Å². The lowest BCUT2D eigenvalue weighted by Gasteiger charge is -2.15. The van der Waals surface area contributed by atoms with E-state index in [0.717, 1.165) is 0 Å². The fourth-order valence-corrected chi connectivity index (χ4v) is 2.68. The summed E-state index contributed by atoms with van der Waals surface area (Å²) in [6.07, 6.45) is -1.38. The molecule has 0 heterocycles. The standard InChI is InChI=1S/C14H13FO2S/c15-14(13(16)11-7-3-1-4-8-11)18(17)12-9-5-2-6-10-12/h1-10,13-14,16H. The zero-order valence-corrected chi connectivity index (χ0v) is 10.4. The Hall–Kier alpha value is -1.52. The molecule has 1 N–H and O–H groups in total. The molecule has 4 heteroatoms. The minimum Gasteiger partial charge on any atom is -0.384 e. The van der Waals surface area contributed by atoms with E-state index in [-0.39, 0.29) is 0 Å². The van der Waals surface area contributed by atoms with Gasteiger partial charge in [0.1, 0.15) is 6.10 Å². The third kappa shape index (κ3) is 2.83. The van der Waals surface area contributed by atoms with Gasteiger partial charge in [-0.25, -0.2) is 4.39 Å². The molecular formula is C14H13FO2S. The molecule has 0 spiro atoms. The average molecular weight is 264 g/mol. The lowest BCUT2D eigenvalue weighted by molar-refractivity contribution is 0.121. The maximum atomic E-state index is 14.0. The van der Waals surface area contributed by atoms with Crippen molar-refractivity contribution in [2.45, 2.75) is 16.5 Å². The van der Waals surface area contributed by atoms with Gasteiger partial charge in [-0.05, 0) is 17.7 Å². The summed E-state index contributed by atoms with van der Waals surface area (Å²) in [7, 11) is -1.88. The van der Waals surface area contributed by atoms with Gasteiger partial charge >= 0.3 is 0 Å². The third-order valence-corrected chi connectivity index (χ3v) is 3.97. The molecule has 3 atom stereocenters. The molecule has 2 aromatic carbocycles. The molecule has 94 valence electrons. The van der Waals surface area contributed by atoms with Crippen molar-refractivity contribution >= 4 is 10.8 Å². The first-order chi connectivity index (χ1) is 8.70. The predicted molar refractivity (Wildman–Crippen MR) is 69.1 cm³/mol. The van der Waals surface area contributed by atoms with Crippen LogP contribution in [-0.2, 0) is 10.8 Å². The first-order valence-corrected chi connectivity index (χ1v) is 6.74. The lowest BCUT2D eigenvalue weighted by atomic mass is 10.1. The number of rotatable bonds is 4. The van der Waals surface area contributed by atoms with Gasteiger partial charge in [-0.2, -0.15) is 0 Å². The summed E-state index contributed by atoms with van der Waals surface area (Å²) in [6, 6.07) is 16.7. The molecular weight excluding hydrogens is 251 g/mol. The average Bonchev–Trinajstić information content (AvgIpc) is 2.47. The smallest absolute Gasteiger partial charge is 0.209 e. The van der Waals surface area contributed by atoms with Crippen LogP contribution in [0.3, 0.4) is 0 Å². The summed E-state index contributed by atoms with van der Waals surface area (Å²) in [6.45, 7) is 0. The maximum Gasteiger partial charge on any atom is 0.209 e. The Morgan fingerprint density at radius 1 is 0.944 bits per heavy atom. The number of aliphatic hydroxyl groups is 1. The van der Waals surface area contributed by atoms with Gasteiger partial charge < -0.3 is 5.11 Å². The molecule has 0 fully saturated rings. The minimum atomic E-state index is -1.88. The van der Waals surface area contributed by atoms with Gasteiger partial charge in [0.05, 0.1) is 10.8 Å². The van der Waals surface area contributed by atoms with Crippen molar-refractivity contribution in [1.29, 1.82) is 0 Å². The van der Waals surface area contributed by atoms with E-state index in [1.165, 1.54) is 0 Å². The largest absolute Gasteiger partial charge is 0.384 e. The van der Waals surface area contributed by atoms with E-state index in [9.17, 15) is 13.7 Å². The number of hydrogen-bond donors (Lipinski definition) is 1. The van der Waals surface area contributed by atoms with Gasteiger partial charge in [0.25, 0.3) is 0 Å². The Morgan fingerprint density at radius 2 is 1.44 bits per heavy atom. The second-order valence-corrected chi connectivity index (χ2v) is 5.33. The molecule has 0 bridgehead atoms. The monoisotopic (exact) mass is 264 g/mol. The third-order valence-electron chi connectivity index (χ3n) is 2.57. The molecule has 0 saturated carbocycles. The number of halogens is 1. The SMILES string of the molecule is O=S(c1ccccc1)C(F)C(O)c1ccccc1. The van der Waals surface area contributed by atoms with Crippen LogP contribution in [0.15, 0.2) is 65.6 Å². The fourth-order valence-electron chi connectivity index (χ4n) is 1.60. The molecule has 0 aromatic heterocycles. The van der Waals surface area contributed by atoms with E-state index in [1.807, 2.05) is 0 Å².